The maximum absolute atomic E-state index is 12.0. The lowest BCUT2D eigenvalue weighted by molar-refractivity contribution is -0.148. The monoisotopic (exact) mass is 277 g/mol. The molecule has 1 amide bonds. The summed E-state index contributed by atoms with van der Waals surface area (Å²) in [6.07, 6.45) is 2.77. The summed E-state index contributed by atoms with van der Waals surface area (Å²) in [6.45, 7) is 1.96. The van der Waals surface area contributed by atoms with Crippen LogP contribution in [0.4, 0.5) is 0 Å². The lowest BCUT2D eigenvalue weighted by Crippen LogP contribution is -2.40. The molecule has 5 nitrogen and oxygen atoms in total. The number of phenolic OH excluding ortho intramolecular Hbond substituents is 1. The minimum Gasteiger partial charge on any atom is -0.508 e. The fourth-order valence-electron chi connectivity index (χ4n) is 2.14. The molecule has 1 saturated carbocycles. The predicted molar refractivity (Wildman–Crippen MR) is 73.0 cm³/mol. The summed E-state index contributed by atoms with van der Waals surface area (Å²) in [5.41, 5.74) is 0.524. The molecule has 5 heteroatoms. The van der Waals surface area contributed by atoms with Gasteiger partial charge in [0.15, 0.2) is 6.04 Å². The number of rotatable bonds is 5. The molecule has 1 aliphatic carbocycles. The third kappa shape index (κ3) is 3.29. The molecule has 0 bridgehead atoms. The van der Waals surface area contributed by atoms with Crippen molar-refractivity contribution in [1.29, 1.82) is 0 Å². The van der Waals surface area contributed by atoms with E-state index in [0.29, 0.717) is 5.56 Å². The summed E-state index contributed by atoms with van der Waals surface area (Å²) in [6, 6.07) is 5.42. The Labute approximate surface area is 117 Å². The number of phenols is 1. The SMILES string of the molecule is CCOC(=O)[C@@H](NC(=O)C1CCC1)c1cccc(O)c1. The summed E-state index contributed by atoms with van der Waals surface area (Å²) < 4.78 is 5.00. The van der Waals surface area contributed by atoms with E-state index in [0.717, 1.165) is 19.3 Å². The highest BCUT2D eigenvalue weighted by atomic mass is 16.5. The number of esters is 1. The number of carbonyl (C=O) groups excluding carboxylic acids is 2. The zero-order valence-electron chi connectivity index (χ0n) is 11.5. The normalized spacial score (nSPS) is 16.1. The Balaban J connectivity index is 2.15. The van der Waals surface area contributed by atoms with Crippen LogP contribution in [-0.2, 0) is 14.3 Å². The molecule has 0 aromatic heterocycles. The molecule has 2 rings (SSSR count). The van der Waals surface area contributed by atoms with Crippen molar-refractivity contribution >= 4 is 11.9 Å². The van der Waals surface area contributed by atoms with Crippen LogP contribution in [0.25, 0.3) is 0 Å². The molecule has 0 saturated heterocycles. The van der Waals surface area contributed by atoms with Crippen molar-refractivity contribution in [3.05, 3.63) is 29.8 Å². The number of benzene rings is 1. The summed E-state index contributed by atoms with van der Waals surface area (Å²) in [5.74, 6) is -0.595. The van der Waals surface area contributed by atoms with Crippen molar-refractivity contribution in [3.8, 4) is 5.75 Å². The van der Waals surface area contributed by atoms with Gasteiger partial charge in [0, 0.05) is 5.92 Å². The second kappa shape index (κ2) is 6.41. The molecule has 1 atom stereocenters. The molecule has 20 heavy (non-hydrogen) atoms. The number of amides is 1. The minimum atomic E-state index is -0.866. The molecule has 1 aromatic carbocycles. The molecule has 2 N–H and O–H groups in total. The van der Waals surface area contributed by atoms with Gasteiger partial charge >= 0.3 is 5.97 Å². The molecule has 0 heterocycles. The van der Waals surface area contributed by atoms with Crippen molar-refractivity contribution in [2.75, 3.05) is 6.61 Å². The van der Waals surface area contributed by atoms with Gasteiger partial charge < -0.3 is 15.2 Å². The maximum atomic E-state index is 12.0. The van der Waals surface area contributed by atoms with Gasteiger partial charge in [0.2, 0.25) is 5.91 Å². The van der Waals surface area contributed by atoms with Crippen LogP contribution in [0, 0.1) is 5.92 Å². The van der Waals surface area contributed by atoms with E-state index in [1.807, 2.05) is 0 Å². The fourth-order valence-corrected chi connectivity index (χ4v) is 2.14. The average molecular weight is 277 g/mol. The van der Waals surface area contributed by atoms with Crippen molar-refractivity contribution in [1.82, 2.24) is 5.32 Å². The smallest absolute Gasteiger partial charge is 0.333 e. The molecule has 0 spiro atoms. The largest absolute Gasteiger partial charge is 0.508 e. The van der Waals surface area contributed by atoms with Crippen LogP contribution in [0.5, 0.6) is 5.75 Å². The molecule has 1 fully saturated rings. The predicted octanol–water partition coefficient (Wildman–Crippen LogP) is 1.91. The van der Waals surface area contributed by atoms with E-state index in [-0.39, 0.29) is 24.2 Å². The van der Waals surface area contributed by atoms with E-state index in [9.17, 15) is 14.7 Å². The summed E-state index contributed by atoms with van der Waals surface area (Å²) in [4.78, 5) is 24.0. The van der Waals surface area contributed by atoms with E-state index >= 15 is 0 Å². The highest BCUT2D eigenvalue weighted by Gasteiger charge is 2.30. The second-order valence-corrected chi connectivity index (χ2v) is 4.92. The maximum Gasteiger partial charge on any atom is 0.333 e. The number of hydrogen-bond acceptors (Lipinski definition) is 4. The van der Waals surface area contributed by atoms with Gasteiger partial charge in [0.1, 0.15) is 5.75 Å². The second-order valence-electron chi connectivity index (χ2n) is 4.92. The number of ether oxygens (including phenoxy) is 1. The van der Waals surface area contributed by atoms with Gasteiger partial charge in [-0.15, -0.1) is 0 Å². The molecular formula is C15H19NO4. The van der Waals surface area contributed by atoms with Gasteiger partial charge in [-0.05, 0) is 37.5 Å². The Bertz CT molecular complexity index is 496. The highest BCUT2D eigenvalue weighted by molar-refractivity contribution is 5.87. The molecule has 0 unspecified atom stereocenters. The quantitative estimate of drug-likeness (QED) is 0.806. The van der Waals surface area contributed by atoms with Crippen LogP contribution in [-0.4, -0.2) is 23.6 Å². The van der Waals surface area contributed by atoms with Crippen LogP contribution in [0.2, 0.25) is 0 Å². The first-order valence-corrected chi connectivity index (χ1v) is 6.87. The first-order chi connectivity index (χ1) is 9.61. The molecule has 108 valence electrons. The minimum absolute atomic E-state index is 0.00997. The standard InChI is InChI=1S/C15H19NO4/c1-2-20-15(19)13(11-7-4-8-12(17)9-11)16-14(18)10-5-3-6-10/h4,7-10,13,17H,2-3,5-6H2,1H3,(H,16,18)/t13-/m0/s1. The van der Waals surface area contributed by atoms with Gasteiger partial charge in [-0.2, -0.15) is 0 Å². The van der Waals surface area contributed by atoms with Crippen molar-refractivity contribution in [3.63, 3.8) is 0 Å². The first-order valence-electron chi connectivity index (χ1n) is 6.87. The summed E-state index contributed by atoms with van der Waals surface area (Å²) in [5, 5.41) is 12.2. The van der Waals surface area contributed by atoms with Crippen LogP contribution in [0.3, 0.4) is 0 Å². The number of carbonyl (C=O) groups is 2. The first kappa shape index (κ1) is 14.4. The Morgan fingerprint density at radius 1 is 1.45 bits per heavy atom. The fraction of sp³-hybridized carbons (Fsp3) is 0.467. The van der Waals surface area contributed by atoms with Gasteiger partial charge in [-0.1, -0.05) is 18.6 Å². The van der Waals surface area contributed by atoms with E-state index in [1.54, 1.807) is 19.1 Å². The zero-order valence-corrected chi connectivity index (χ0v) is 11.5. The Morgan fingerprint density at radius 3 is 2.75 bits per heavy atom. The van der Waals surface area contributed by atoms with Crippen molar-refractivity contribution < 1.29 is 19.4 Å². The third-order valence-corrected chi connectivity index (χ3v) is 3.49. The van der Waals surface area contributed by atoms with Gasteiger partial charge in [0.05, 0.1) is 6.61 Å². The van der Waals surface area contributed by atoms with Crippen molar-refractivity contribution in [2.45, 2.75) is 32.2 Å². The number of nitrogens with one attached hydrogen (secondary N) is 1. The Hall–Kier alpha value is -2.04. The number of aromatic hydroxyl groups is 1. The van der Waals surface area contributed by atoms with E-state index in [4.69, 9.17) is 4.74 Å². The molecule has 0 radical (unpaired) electrons. The number of hydrogen-bond donors (Lipinski definition) is 2. The topological polar surface area (TPSA) is 75.6 Å². The molecule has 1 aliphatic rings. The van der Waals surface area contributed by atoms with Gasteiger partial charge in [-0.3, -0.25) is 4.79 Å². The zero-order chi connectivity index (χ0) is 14.5. The van der Waals surface area contributed by atoms with Crippen LogP contribution in [0.15, 0.2) is 24.3 Å². The lowest BCUT2D eigenvalue weighted by atomic mass is 9.84. The van der Waals surface area contributed by atoms with Crippen molar-refractivity contribution in [2.24, 2.45) is 5.92 Å². The van der Waals surface area contributed by atoms with Crippen LogP contribution >= 0.6 is 0 Å². The average Bonchev–Trinajstić information content (AvgIpc) is 2.34. The Kier molecular flexibility index (Phi) is 4.61. The van der Waals surface area contributed by atoms with E-state index < -0.39 is 12.0 Å². The molecular weight excluding hydrogens is 258 g/mol. The van der Waals surface area contributed by atoms with E-state index in [1.165, 1.54) is 12.1 Å². The summed E-state index contributed by atoms with van der Waals surface area (Å²) >= 11 is 0. The lowest BCUT2D eigenvalue weighted by Gasteiger charge is -2.26. The molecule has 0 aliphatic heterocycles. The van der Waals surface area contributed by atoms with Gasteiger partial charge in [-0.25, -0.2) is 4.79 Å². The highest BCUT2D eigenvalue weighted by Crippen LogP contribution is 2.28. The van der Waals surface area contributed by atoms with E-state index in [2.05, 4.69) is 5.32 Å². The van der Waals surface area contributed by atoms with Crippen LogP contribution < -0.4 is 5.32 Å². The third-order valence-electron chi connectivity index (χ3n) is 3.49. The summed E-state index contributed by atoms with van der Waals surface area (Å²) in [7, 11) is 0. The molecule has 1 aromatic rings. The van der Waals surface area contributed by atoms with Crippen LogP contribution in [0.1, 0.15) is 37.8 Å². The Morgan fingerprint density at radius 2 is 2.20 bits per heavy atom. The van der Waals surface area contributed by atoms with Gasteiger partial charge in [0.25, 0.3) is 0 Å².